The molecule has 2 aromatic carbocycles. The van der Waals surface area contributed by atoms with Gasteiger partial charge in [-0.25, -0.2) is 0 Å². The van der Waals surface area contributed by atoms with Gasteiger partial charge < -0.3 is 16.2 Å². The number of hydrogen-bond acceptors (Lipinski definition) is 5. The summed E-state index contributed by atoms with van der Waals surface area (Å²) in [4.78, 5) is 18.4. The molecule has 4 rings (SSSR count). The summed E-state index contributed by atoms with van der Waals surface area (Å²) >= 11 is 1.58. The molecule has 3 aromatic rings. The fourth-order valence-electron chi connectivity index (χ4n) is 3.02. The zero-order valence-corrected chi connectivity index (χ0v) is 16.2. The lowest BCUT2D eigenvalue weighted by atomic mass is 10.1. The molecule has 140 valence electrons. The number of nitrogens with one attached hydrogen (secondary N) is 3. The largest absolute Gasteiger partial charge is 0.355 e. The van der Waals surface area contributed by atoms with Crippen LogP contribution in [0.3, 0.4) is 0 Å². The van der Waals surface area contributed by atoms with Gasteiger partial charge in [-0.1, -0.05) is 36.0 Å². The van der Waals surface area contributed by atoms with Gasteiger partial charge in [0.15, 0.2) is 0 Å². The quantitative estimate of drug-likeness (QED) is 0.614. The van der Waals surface area contributed by atoms with Crippen LogP contribution in [0.5, 0.6) is 0 Å². The second-order valence-electron chi connectivity index (χ2n) is 6.28. The third-order valence-electron chi connectivity index (χ3n) is 4.44. The third kappa shape index (κ3) is 3.87. The molecule has 0 aliphatic carbocycles. The Hall–Kier alpha value is -3.25. The van der Waals surface area contributed by atoms with Gasteiger partial charge in [0.1, 0.15) is 0 Å². The van der Waals surface area contributed by atoms with Crippen LogP contribution in [0.4, 0.5) is 5.69 Å². The Balaban J connectivity index is 1.54. The molecule has 1 aliphatic rings. The van der Waals surface area contributed by atoms with Crippen LogP contribution in [-0.2, 0) is 6.42 Å². The second-order valence-corrected chi connectivity index (χ2v) is 7.39. The van der Waals surface area contributed by atoms with Gasteiger partial charge in [-0.3, -0.25) is 9.78 Å². The number of fused-ring (bicyclic) bond motifs is 1. The smallest absolute Gasteiger partial charge is 0.252 e. The Bertz CT molecular complexity index is 1030. The van der Waals surface area contributed by atoms with Gasteiger partial charge >= 0.3 is 0 Å². The molecule has 5 nitrogen and oxygen atoms in total. The Kier molecular flexibility index (Phi) is 5.30. The van der Waals surface area contributed by atoms with Crippen molar-refractivity contribution in [3.8, 4) is 0 Å². The van der Waals surface area contributed by atoms with E-state index in [-0.39, 0.29) is 5.91 Å². The number of hydrogen-bond donors (Lipinski definition) is 3. The summed E-state index contributed by atoms with van der Waals surface area (Å²) in [6.45, 7) is 0. The van der Waals surface area contributed by atoms with E-state index in [2.05, 4.69) is 45.4 Å². The van der Waals surface area contributed by atoms with Crippen LogP contribution in [0.2, 0.25) is 0 Å². The summed E-state index contributed by atoms with van der Waals surface area (Å²) in [5.74, 6) is -0.0798. The number of aromatic nitrogens is 1. The molecular formula is C22H20N4OS. The number of anilines is 1. The molecule has 0 unspecified atom stereocenters. The molecule has 0 spiro atoms. The van der Waals surface area contributed by atoms with E-state index in [1.165, 1.54) is 0 Å². The van der Waals surface area contributed by atoms with Crippen LogP contribution in [-0.4, -0.2) is 17.9 Å². The van der Waals surface area contributed by atoms with Crippen molar-refractivity contribution in [1.82, 2.24) is 15.7 Å². The molecule has 3 N–H and O–H groups in total. The van der Waals surface area contributed by atoms with Gasteiger partial charge in [-0.15, -0.1) is 0 Å². The van der Waals surface area contributed by atoms with E-state index in [0.29, 0.717) is 5.56 Å². The molecule has 0 saturated carbocycles. The van der Waals surface area contributed by atoms with E-state index < -0.39 is 0 Å². The van der Waals surface area contributed by atoms with E-state index in [1.54, 1.807) is 18.8 Å². The van der Waals surface area contributed by atoms with Crippen molar-refractivity contribution in [3.63, 3.8) is 0 Å². The fraction of sp³-hybridized carbons (Fsp3) is 0.0909. The van der Waals surface area contributed by atoms with Crippen molar-refractivity contribution in [2.24, 2.45) is 0 Å². The highest BCUT2D eigenvalue weighted by atomic mass is 32.2. The highest BCUT2D eigenvalue weighted by Gasteiger charge is 2.17. The zero-order chi connectivity index (χ0) is 19.3. The molecule has 1 amide bonds. The monoisotopic (exact) mass is 388 g/mol. The van der Waals surface area contributed by atoms with Gasteiger partial charge in [-0.05, 0) is 42.5 Å². The number of nitrogens with zero attached hydrogens (tertiary/aromatic N) is 1. The molecule has 2 heterocycles. The van der Waals surface area contributed by atoms with Gasteiger partial charge in [-0.2, -0.15) is 0 Å². The number of hydrazine groups is 1. The molecule has 0 bridgehead atoms. The summed E-state index contributed by atoms with van der Waals surface area (Å²) < 4.78 is 0. The van der Waals surface area contributed by atoms with E-state index in [0.717, 1.165) is 38.9 Å². The highest BCUT2D eigenvalue weighted by molar-refractivity contribution is 7.99. The number of amides is 1. The first kappa shape index (κ1) is 18.1. The normalized spacial score (nSPS) is 13.5. The molecule has 0 fully saturated rings. The van der Waals surface area contributed by atoms with E-state index in [1.807, 2.05) is 48.7 Å². The lowest BCUT2D eigenvalue weighted by Gasteiger charge is -2.09. The summed E-state index contributed by atoms with van der Waals surface area (Å²) in [7, 11) is 1.65. The van der Waals surface area contributed by atoms with Crippen LogP contribution in [0, 0.1) is 0 Å². The Morgan fingerprint density at radius 3 is 2.79 bits per heavy atom. The number of carbonyl (C=O) groups is 1. The number of rotatable bonds is 5. The van der Waals surface area contributed by atoms with Crippen molar-refractivity contribution in [2.75, 3.05) is 12.5 Å². The fourth-order valence-corrected chi connectivity index (χ4v) is 4.00. The number of benzene rings is 2. The average Bonchev–Trinajstić information content (AvgIpc) is 3.15. The maximum atomic E-state index is 12.1. The molecular weight excluding hydrogens is 368 g/mol. The van der Waals surface area contributed by atoms with Crippen molar-refractivity contribution in [1.29, 1.82) is 0 Å². The summed E-state index contributed by atoms with van der Waals surface area (Å²) in [5, 5.41) is 2.70. The highest BCUT2D eigenvalue weighted by Crippen LogP contribution is 2.36. The number of pyridine rings is 1. The van der Waals surface area contributed by atoms with Gasteiger partial charge in [0, 0.05) is 40.7 Å². The Morgan fingerprint density at radius 2 is 1.96 bits per heavy atom. The zero-order valence-electron chi connectivity index (χ0n) is 15.4. The summed E-state index contributed by atoms with van der Waals surface area (Å²) in [5.41, 5.74) is 11.4. The predicted octanol–water partition coefficient (Wildman–Crippen LogP) is 4.11. The number of carbonyl (C=O) groups excluding carboxylic acids is 1. The van der Waals surface area contributed by atoms with E-state index in [9.17, 15) is 4.79 Å². The minimum absolute atomic E-state index is 0.0798. The summed E-state index contributed by atoms with van der Waals surface area (Å²) in [6, 6.07) is 19.8. The van der Waals surface area contributed by atoms with Crippen LogP contribution in [0.15, 0.2) is 82.7 Å². The molecule has 1 aromatic heterocycles. The van der Waals surface area contributed by atoms with Crippen molar-refractivity contribution in [2.45, 2.75) is 16.2 Å². The number of allylic oxidation sites excluding steroid dienone is 1. The van der Waals surface area contributed by atoms with Crippen LogP contribution in [0.25, 0.3) is 5.70 Å². The molecule has 0 atom stereocenters. The van der Waals surface area contributed by atoms with Crippen LogP contribution < -0.4 is 16.2 Å². The topological polar surface area (TPSA) is 66.1 Å². The standard InChI is InChI=1S/C22H20N4OS/c1-23-22(27)18-7-2-3-8-21(18)28-16-10-11-17-19(25-26-20(17)14-16)12-9-15-6-4-5-13-24-15/h2-8,10-14,25-26H,9H2,1H3,(H,23,27)/b19-12+. The lowest BCUT2D eigenvalue weighted by Crippen LogP contribution is -2.18. The van der Waals surface area contributed by atoms with Crippen molar-refractivity contribution in [3.05, 3.63) is 89.8 Å². The first-order chi connectivity index (χ1) is 13.7. The van der Waals surface area contributed by atoms with Gasteiger partial charge in [0.05, 0.1) is 16.9 Å². The second kappa shape index (κ2) is 8.19. The van der Waals surface area contributed by atoms with Crippen LogP contribution in [0.1, 0.15) is 21.6 Å². The van der Waals surface area contributed by atoms with Crippen LogP contribution >= 0.6 is 11.8 Å². The van der Waals surface area contributed by atoms with E-state index >= 15 is 0 Å². The molecule has 1 aliphatic heterocycles. The van der Waals surface area contributed by atoms with Gasteiger partial charge in [0.2, 0.25) is 0 Å². The van der Waals surface area contributed by atoms with Crippen molar-refractivity contribution < 1.29 is 4.79 Å². The maximum Gasteiger partial charge on any atom is 0.252 e. The van der Waals surface area contributed by atoms with Crippen molar-refractivity contribution >= 4 is 29.1 Å². The Labute approximate surface area is 168 Å². The molecule has 28 heavy (non-hydrogen) atoms. The molecule has 0 radical (unpaired) electrons. The van der Waals surface area contributed by atoms with E-state index in [4.69, 9.17) is 0 Å². The molecule has 0 saturated heterocycles. The lowest BCUT2D eigenvalue weighted by molar-refractivity contribution is 0.0960. The first-order valence-electron chi connectivity index (χ1n) is 9.00. The minimum Gasteiger partial charge on any atom is -0.355 e. The van der Waals surface area contributed by atoms with Gasteiger partial charge in [0.25, 0.3) is 5.91 Å². The Morgan fingerprint density at radius 1 is 1.11 bits per heavy atom. The first-order valence-corrected chi connectivity index (χ1v) is 9.82. The summed E-state index contributed by atoms with van der Waals surface area (Å²) in [6.07, 6.45) is 4.71. The SMILES string of the molecule is CNC(=O)c1ccccc1Sc1ccc2c(c1)NN/C2=C/Cc1ccccn1. The minimum atomic E-state index is -0.0798. The maximum absolute atomic E-state index is 12.1. The third-order valence-corrected chi connectivity index (χ3v) is 5.51. The molecule has 6 heteroatoms. The predicted molar refractivity (Wildman–Crippen MR) is 113 cm³/mol. The average molecular weight is 388 g/mol.